The van der Waals surface area contributed by atoms with Crippen molar-refractivity contribution in [2.24, 2.45) is 0 Å². The van der Waals surface area contributed by atoms with Gasteiger partial charge in [0.2, 0.25) is 5.91 Å². The first-order chi connectivity index (χ1) is 15.5. The summed E-state index contributed by atoms with van der Waals surface area (Å²) in [6, 6.07) is 15.6. The molecule has 1 amide bonds. The van der Waals surface area contributed by atoms with E-state index in [0.717, 1.165) is 17.3 Å². The number of fused-ring (bicyclic) bond motifs is 2. The molecule has 0 saturated carbocycles. The third kappa shape index (κ3) is 3.51. The van der Waals surface area contributed by atoms with Crippen molar-refractivity contribution < 1.29 is 4.79 Å². The Morgan fingerprint density at radius 1 is 1.06 bits per heavy atom. The summed E-state index contributed by atoms with van der Waals surface area (Å²) in [5, 5.41) is 7.14. The molecule has 0 radical (unpaired) electrons. The second-order valence-electron chi connectivity index (χ2n) is 8.58. The second kappa shape index (κ2) is 8.11. The van der Waals surface area contributed by atoms with Gasteiger partial charge in [0.1, 0.15) is 0 Å². The fourth-order valence-electron chi connectivity index (χ4n) is 4.49. The number of carbonyl (C=O) groups is 1. The van der Waals surface area contributed by atoms with Gasteiger partial charge >= 0.3 is 0 Å². The topological polar surface area (TPSA) is 71.0 Å². The Balaban J connectivity index is 1.39. The Morgan fingerprint density at radius 3 is 2.50 bits per heavy atom. The Kier molecular flexibility index (Phi) is 5.13. The molecule has 3 heterocycles. The molecule has 0 aliphatic carbocycles. The first kappa shape index (κ1) is 20.2. The van der Waals surface area contributed by atoms with E-state index in [4.69, 9.17) is 0 Å². The number of H-pyrrole nitrogens is 1. The van der Waals surface area contributed by atoms with Crippen LogP contribution >= 0.6 is 0 Å². The highest BCUT2D eigenvalue weighted by atomic mass is 16.2. The number of nitrogens with one attached hydrogen (secondary N) is 1. The lowest BCUT2D eigenvalue weighted by molar-refractivity contribution is -0.130. The number of benzene rings is 2. The highest BCUT2D eigenvalue weighted by Crippen LogP contribution is 2.29. The molecule has 6 heteroatoms. The van der Waals surface area contributed by atoms with E-state index in [1.165, 1.54) is 21.2 Å². The number of aromatic amines is 1. The van der Waals surface area contributed by atoms with Gasteiger partial charge in [0.05, 0.1) is 23.5 Å². The van der Waals surface area contributed by atoms with Crippen LogP contribution < -0.4 is 5.56 Å². The summed E-state index contributed by atoms with van der Waals surface area (Å²) in [6.45, 7) is 5.11. The van der Waals surface area contributed by atoms with Crippen LogP contribution in [0.5, 0.6) is 0 Å². The molecule has 6 nitrogen and oxygen atoms in total. The quantitative estimate of drug-likeness (QED) is 0.528. The van der Waals surface area contributed by atoms with E-state index in [1.807, 2.05) is 55.1 Å². The van der Waals surface area contributed by atoms with Gasteiger partial charge in [-0.25, -0.2) is 4.68 Å². The molecule has 4 aromatic rings. The van der Waals surface area contributed by atoms with Gasteiger partial charge in [-0.1, -0.05) is 42.5 Å². The van der Waals surface area contributed by atoms with Gasteiger partial charge in [0.25, 0.3) is 5.56 Å². The van der Waals surface area contributed by atoms with Crippen LogP contribution in [0.15, 0.2) is 65.6 Å². The third-order valence-corrected chi connectivity index (χ3v) is 6.21. The summed E-state index contributed by atoms with van der Waals surface area (Å²) in [7, 11) is 0. The Morgan fingerprint density at radius 2 is 1.78 bits per heavy atom. The molecule has 0 unspecified atom stereocenters. The van der Waals surface area contributed by atoms with Crippen molar-refractivity contribution in [3.63, 3.8) is 0 Å². The van der Waals surface area contributed by atoms with E-state index in [9.17, 15) is 9.59 Å². The molecule has 0 fully saturated rings. The first-order valence-electron chi connectivity index (χ1n) is 11.1. The number of para-hydroxylation sites is 1. The van der Waals surface area contributed by atoms with Gasteiger partial charge in [-0.05, 0) is 38.0 Å². The molecular formula is C26H26N4O2. The van der Waals surface area contributed by atoms with Crippen LogP contribution in [0.3, 0.4) is 0 Å². The average Bonchev–Trinajstić information content (AvgIpc) is 3.25. The van der Waals surface area contributed by atoms with Gasteiger partial charge in [-0.3, -0.25) is 9.59 Å². The number of aromatic nitrogens is 3. The monoisotopic (exact) mass is 426 g/mol. The molecule has 1 aliphatic heterocycles. The molecule has 1 N–H and O–H groups in total. The third-order valence-electron chi connectivity index (χ3n) is 6.21. The molecular weight excluding hydrogens is 400 g/mol. The van der Waals surface area contributed by atoms with Gasteiger partial charge in [0, 0.05) is 41.1 Å². The van der Waals surface area contributed by atoms with Crippen molar-refractivity contribution in [1.82, 2.24) is 19.7 Å². The molecule has 2 aromatic carbocycles. The molecule has 0 spiro atoms. The largest absolute Gasteiger partial charge is 0.361 e. The van der Waals surface area contributed by atoms with Crippen LogP contribution in [0, 0.1) is 0 Å². The maximum absolute atomic E-state index is 13.1. The molecule has 0 atom stereocenters. The van der Waals surface area contributed by atoms with Crippen molar-refractivity contribution in [1.29, 1.82) is 0 Å². The maximum atomic E-state index is 13.1. The summed E-state index contributed by atoms with van der Waals surface area (Å²) < 4.78 is 1.48. The highest BCUT2D eigenvalue weighted by molar-refractivity contribution is 5.93. The normalized spacial score (nSPS) is 14.3. The molecule has 162 valence electrons. The Bertz CT molecular complexity index is 1410. The number of hydrogen-bond acceptors (Lipinski definition) is 3. The lowest BCUT2D eigenvalue weighted by atomic mass is 9.98. The van der Waals surface area contributed by atoms with Crippen LogP contribution in [-0.2, 0) is 11.2 Å². The van der Waals surface area contributed by atoms with Gasteiger partial charge in [-0.2, -0.15) is 5.10 Å². The highest BCUT2D eigenvalue weighted by Gasteiger charge is 2.22. The summed E-state index contributed by atoms with van der Waals surface area (Å²) in [4.78, 5) is 31.1. The first-order valence-corrected chi connectivity index (χ1v) is 11.1. The predicted octanol–water partition coefficient (Wildman–Crippen LogP) is 4.32. The zero-order chi connectivity index (χ0) is 22.2. The molecule has 0 saturated heterocycles. The van der Waals surface area contributed by atoms with Gasteiger partial charge in [0.15, 0.2) is 0 Å². The molecule has 5 rings (SSSR count). The van der Waals surface area contributed by atoms with E-state index in [0.29, 0.717) is 24.2 Å². The van der Waals surface area contributed by atoms with Crippen LogP contribution in [0.1, 0.15) is 37.6 Å². The van der Waals surface area contributed by atoms with Crippen molar-refractivity contribution in [3.8, 4) is 0 Å². The maximum Gasteiger partial charge on any atom is 0.274 e. The number of amides is 1. The zero-order valence-corrected chi connectivity index (χ0v) is 18.3. The number of carbonyl (C=O) groups excluding carboxylic acids is 1. The SMILES string of the molecule is CC(C)n1nc(CC(=O)N2CC=C(c3c[nH]c4ccccc34)CC2)c2ccccc2c1=O. The van der Waals surface area contributed by atoms with Crippen molar-refractivity contribution >= 4 is 33.2 Å². The standard InChI is InChI=1S/C26H26N4O2/c1-17(2)30-26(32)21-9-4-3-7-19(21)24(28-30)15-25(31)29-13-11-18(12-14-29)22-16-27-23-10-6-5-8-20(22)23/h3-11,16-17,27H,12-15H2,1-2H3. The average molecular weight is 427 g/mol. The smallest absolute Gasteiger partial charge is 0.274 e. The van der Waals surface area contributed by atoms with Crippen molar-refractivity contribution in [2.75, 3.05) is 13.1 Å². The molecule has 2 aromatic heterocycles. The fraction of sp³-hybridized carbons (Fsp3) is 0.269. The van der Waals surface area contributed by atoms with Crippen LogP contribution in [0.2, 0.25) is 0 Å². The van der Waals surface area contributed by atoms with E-state index in [-0.39, 0.29) is 23.9 Å². The van der Waals surface area contributed by atoms with Crippen molar-refractivity contribution in [3.05, 3.63) is 82.4 Å². The minimum Gasteiger partial charge on any atom is -0.361 e. The Labute approximate surface area is 186 Å². The lowest BCUT2D eigenvalue weighted by Crippen LogP contribution is -2.36. The Hall–Kier alpha value is -3.67. The van der Waals surface area contributed by atoms with E-state index < -0.39 is 0 Å². The number of hydrogen-bond donors (Lipinski definition) is 1. The molecule has 1 aliphatic rings. The minimum atomic E-state index is -0.115. The van der Waals surface area contributed by atoms with E-state index in [1.54, 1.807) is 0 Å². The summed E-state index contributed by atoms with van der Waals surface area (Å²) in [5.74, 6) is 0.0332. The summed E-state index contributed by atoms with van der Waals surface area (Å²) in [5.41, 5.74) is 4.15. The number of nitrogens with zero attached hydrogens (tertiary/aromatic N) is 3. The fourth-order valence-corrected chi connectivity index (χ4v) is 4.49. The van der Waals surface area contributed by atoms with Crippen LogP contribution in [0.25, 0.3) is 27.2 Å². The predicted molar refractivity (Wildman–Crippen MR) is 128 cm³/mol. The molecule has 0 bridgehead atoms. The van der Waals surface area contributed by atoms with Crippen molar-refractivity contribution in [2.45, 2.75) is 32.7 Å². The van der Waals surface area contributed by atoms with E-state index >= 15 is 0 Å². The second-order valence-corrected chi connectivity index (χ2v) is 8.58. The van der Waals surface area contributed by atoms with Gasteiger partial charge in [-0.15, -0.1) is 0 Å². The lowest BCUT2D eigenvalue weighted by Gasteiger charge is -2.27. The minimum absolute atomic E-state index is 0.0332. The zero-order valence-electron chi connectivity index (χ0n) is 18.3. The van der Waals surface area contributed by atoms with Crippen LogP contribution in [-0.4, -0.2) is 38.7 Å². The molecule has 32 heavy (non-hydrogen) atoms. The van der Waals surface area contributed by atoms with Gasteiger partial charge < -0.3 is 9.88 Å². The summed E-state index contributed by atoms with van der Waals surface area (Å²) in [6.07, 6.45) is 5.20. The number of rotatable bonds is 4. The van der Waals surface area contributed by atoms with E-state index in [2.05, 4.69) is 34.5 Å². The summed E-state index contributed by atoms with van der Waals surface area (Å²) >= 11 is 0. The van der Waals surface area contributed by atoms with Crippen LogP contribution in [0.4, 0.5) is 0 Å².